The maximum Gasteiger partial charge on any atom is 0.242 e. The van der Waals surface area contributed by atoms with Crippen molar-refractivity contribution < 1.29 is 9.59 Å². The van der Waals surface area contributed by atoms with Gasteiger partial charge < -0.3 is 15.5 Å². The summed E-state index contributed by atoms with van der Waals surface area (Å²) in [5.74, 6) is -0.258. The molecule has 1 rings (SSSR count). The number of carbonyl (C=O) groups is 2. The highest BCUT2D eigenvalue weighted by atomic mass is 16.2. The maximum absolute atomic E-state index is 12.0. The van der Waals surface area contributed by atoms with E-state index in [1.807, 2.05) is 39.0 Å². The largest absolute Gasteiger partial charge is 0.354 e. The Hall–Kier alpha value is -1.88. The molecule has 0 saturated carbocycles. The zero-order chi connectivity index (χ0) is 18.2. The van der Waals surface area contributed by atoms with E-state index in [9.17, 15) is 9.59 Å². The molecule has 0 heterocycles. The van der Waals surface area contributed by atoms with Crippen LogP contribution < -0.4 is 10.6 Å². The highest BCUT2D eigenvalue weighted by Crippen LogP contribution is 2.12. The van der Waals surface area contributed by atoms with E-state index in [2.05, 4.69) is 34.7 Å². The molecule has 0 radical (unpaired) electrons. The van der Waals surface area contributed by atoms with E-state index in [0.29, 0.717) is 6.54 Å². The van der Waals surface area contributed by atoms with E-state index in [1.165, 1.54) is 5.56 Å². The third-order valence-electron chi connectivity index (χ3n) is 3.73. The van der Waals surface area contributed by atoms with E-state index >= 15 is 0 Å². The van der Waals surface area contributed by atoms with Gasteiger partial charge in [0.25, 0.3) is 0 Å². The first kappa shape index (κ1) is 20.2. The third-order valence-corrected chi connectivity index (χ3v) is 3.73. The van der Waals surface area contributed by atoms with Crippen LogP contribution in [0.3, 0.4) is 0 Å². The number of nitrogens with one attached hydrogen (secondary N) is 2. The number of rotatable bonds is 8. The van der Waals surface area contributed by atoms with Crippen LogP contribution in [-0.2, 0) is 16.1 Å². The van der Waals surface area contributed by atoms with Gasteiger partial charge >= 0.3 is 0 Å². The van der Waals surface area contributed by atoms with Crippen molar-refractivity contribution in [2.45, 2.75) is 46.7 Å². The Morgan fingerprint density at radius 3 is 2.38 bits per heavy atom. The summed E-state index contributed by atoms with van der Waals surface area (Å²) < 4.78 is 0. The average Bonchev–Trinajstić information content (AvgIpc) is 2.51. The number of nitrogens with zero attached hydrogens (tertiary/aromatic N) is 1. The molecule has 1 aromatic carbocycles. The van der Waals surface area contributed by atoms with Gasteiger partial charge in [0, 0.05) is 18.5 Å². The Balaban J connectivity index is 2.22. The minimum Gasteiger partial charge on any atom is -0.354 e. The predicted octanol–water partition coefficient (Wildman–Crippen LogP) is 2.18. The molecule has 0 bridgehead atoms. The Morgan fingerprint density at radius 2 is 1.79 bits per heavy atom. The van der Waals surface area contributed by atoms with Crippen molar-refractivity contribution in [1.82, 2.24) is 15.5 Å². The summed E-state index contributed by atoms with van der Waals surface area (Å²) in [6.45, 7) is 9.60. The monoisotopic (exact) mass is 333 g/mol. The average molecular weight is 333 g/mol. The quantitative estimate of drug-likeness (QED) is 0.717. The second-order valence-electron chi connectivity index (χ2n) is 7.31. The van der Waals surface area contributed by atoms with Crippen LogP contribution in [-0.4, -0.2) is 42.9 Å². The van der Waals surface area contributed by atoms with Gasteiger partial charge in [-0.1, -0.05) is 51.1 Å². The lowest BCUT2D eigenvalue weighted by atomic mass is 9.95. The Morgan fingerprint density at radius 1 is 1.17 bits per heavy atom. The van der Waals surface area contributed by atoms with Crippen molar-refractivity contribution in [2.24, 2.45) is 5.41 Å². The van der Waals surface area contributed by atoms with E-state index < -0.39 is 11.5 Å². The lowest BCUT2D eigenvalue weighted by Gasteiger charge is -2.21. The molecule has 1 unspecified atom stereocenters. The summed E-state index contributed by atoms with van der Waals surface area (Å²) in [5, 5.41) is 5.62. The molecule has 2 amide bonds. The smallest absolute Gasteiger partial charge is 0.242 e. The maximum atomic E-state index is 12.0. The minimum absolute atomic E-state index is 0.118. The van der Waals surface area contributed by atoms with Crippen LogP contribution in [0.15, 0.2) is 30.3 Å². The van der Waals surface area contributed by atoms with Gasteiger partial charge in [-0.2, -0.15) is 0 Å². The molecule has 0 spiro atoms. The van der Waals surface area contributed by atoms with Gasteiger partial charge in [0.15, 0.2) is 0 Å². The SMILES string of the molecule is CC(NC(=O)C(C)(C)C)C(=O)NCCCN(C)Cc1ccccc1. The van der Waals surface area contributed by atoms with Gasteiger partial charge in [-0.3, -0.25) is 9.59 Å². The zero-order valence-electron chi connectivity index (χ0n) is 15.6. The fourth-order valence-corrected chi connectivity index (χ4v) is 2.17. The highest BCUT2D eigenvalue weighted by Gasteiger charge is 2.24. The second-order valence-corrected chi connectivity index (χ2v) is 7.31. The van der Waals surface area contributed by atoms with Crippen LogP contribution >= 0.6 is 0 Å². The molecular weight excluding hydrogens is 302 g/mol. The summed E-state index contributed by atoms with van der Waals surface area (Å²) >= 11 is 0. The fourth-order valence-electron chi connectivity index (χ4n) is 2.17. The number of hydrogen-bond donors (Lipinski definition) is 2. The van der Waals surface area contributed by atoms with Crippen molar-refractivity contribution in [3.63, 3.8) is 0 Å². The van der Waals surface area contributed by atoms with Crippen LogP contribution in [0.25, 0.3) is 0 Å². The molecule has 0 aromatic heterocycles. The molecule has 0 aliphatic carbocycles. The highest BCUT2D eigenvalue weighted by molar-refractivity contribution is 5.89. The Kier molecular flexibility index (Phi) is 7.92. The van der Waals surface area contributed by atoms with Crippen molar-refractivity contribution in [3.05, 3.63) is 35.9 Å². The molecule has 24 heavy (non-hydrogen) atoms. The predicted molar refractivity (Wildman–Crippen MR) is 97.5 cm³/mol. The van der Waals surface area contributed by atoms with Crippen LogP contribution in [0.1, 0.15) is 39.7 Å². The molecular formula is C19H31N3O2. The summed E-state index contributed by atoms with van der Waals surface area (Å²) in [6, 6.07) is 9.79. The molecule has 0 aliphatic rings. The second kappa shape index (κ2) is 9.42. The lowest BCUT2D eigenvalue weighted by molar-refractivity contribution is -0.133. The van der Waals surface area contributed by atoms with Gasteiger partial charge in [-0.05, 0) is 32.5 Å². The van der Waals surface area contributed by atoms with E-state index in [4.69, 9.17) is 0 Å². The third kappa shape index (κ3) is 7.59. The first-order chi connectivity index (χ1) is 11.2. The summed E-state index contributed by atoms with van der Waals surface area (Å²) in [5.41, 5.74) is 0.789. The molecule has 0 fully saturated rings. The summed E-state index contributed by atoms with van der Waals surface area (Å²) in [6.07, 6.45) is 0.870. The van der Waals surface area contributed by atoms with Crippen LogP contribution in [0.5, 0.6) is 0 Å². The van der Waals surface area contributed by atoms with E-state index in [1.54, 1.807) is 6.92 Å². The zero-order valence-corrected chi connectivity index (χ0v) is 15.6. The van der Waals surface area contributed by atoms with Crippen molar-refractivity contribution in [2.75, 3.05) is 20.1 Å². The molecule has 2 N–H and O–H groups in total. The van der Waals surface area contributed by atoms with Gasteiger partial charge in [0.1, 0.15) is 6.04 Å². The summed E-state index contributed by atoms with van der Waals surface area (Å²) in [7, 11) is 2.07. The standard InChI is InChI=1S/C19H31N3O2/c1-15(21-18(24)19(2,3)4)17(23)20-12-9-13-22(5)14-16-10-7-6-8-11-16/h6-8,10-11,15H,9,12-14H2,1-5H3,(H,20,23)(H,21,24). The van der Waals surface area contributed by atoms with Crippen LogP contribution in [0, 0.1) is 5.41 Å². The molecule has 134 valence electrons. The number of benzene rings is 1. The Bertz CT molecular complexity index is 523. The van der Waals surface area contributed by atoms with Gasteiger partial charge in [-0.25, -0.2) is 0 Å². The molecule has 1 atom stereocenters. The van der Waals surface area contributed by atoms with Crippen molar-refractivity contribution >= 4 is 11.8 Å². The normalized spacial score (nSPS) is 12.8. The van der Waals surface area contributed by atoms with Crippen LogP contribution in [0.2, 0.25) is 0 Å². The van der Waals surface area contributed by atoms with Gasteiger partial charge in [0.05, 0.1) is 0 Å². The van der Waals surface area contributed by atoms with E-state index in [-0.39, 0.29) is 11.8 Å². The fraction of sp³-hybridized carbons (Fsp3) is 0.579. The number of hydrogen-bond acceptors (Lipinski definition) is 3. The number of amides is 2. The minimum atomic E-state index is -0.515. The van der Waals surface area contributed by atoms with Gasteiger partial charge in [0.2, 0.25) is 11.8 Å². The molecule has 1 aromatic rings. The summed E-state index contributed by atoms with van der Waals surface area (Å²) in [4.78, 5) is 26.1. The van der Waals surface area contributed by atoms with Crippen molar-refractivity contribution in [1.29, 1.82) is 0 Å². The lowest BCUT2D eigenvalue weighted by Crippen LogP contribution is -2.48. The number of carbonyl (C=O) groups excluding carboxylic acids is 2. The molecule has 5 nitrogen and oxygen atoms in total. The Labute approximate surface area is 145 Å². The van der Waals surface area contributed by atoms with E-state index in [0.717, 1.165) is 19.5 Å². The first-order valence-electron chi connectivity index (χ1n) is 8.51. The van der Waals surface area contributed by atoms with Crippen molar-refractivity contribution in [3.8, 4) is 0 Å². The molecule has 5 heteroatoms. The van der Waals surface area contributed by atoms with Crippen LogP contribution in [0.4, 0.5) is 0 Å². The first-order valence-corrected chi connectivity index (χ1v) is 8.51. The molecule has 0 aliphatic heterocycles. The topological polar surface area (TPSA) is 61.4 Å². The van der Waals surface area contributed by atoms with Gasteiger partial charge in [-0.15, -0.1) is 0 Å². The molecule has 0 saturated heterocycles.